The van der Waals surface area contributed by atoms with Crippen LogP contribution in [0.3, 0.4) is 0 Å². The molecule has 13 nitrogen and oxygen atoms in total. The third-order valence-corrected chi connectivity index (χ3v) is 5.86. The molecule has 0 radical (unpaired) electrons. The topological polar surface area (TPSA) is 192 Å². The maximum Gasteiger partial charge on any atom is 0.451 e. The van der Waals surface area contributed by atoms with E-state index in [1.165, 1.54) is 13.0 Å². The smallest absolute Gasteiger partial charge is 0.451 e. The van der Waals surface area contributed by atoms with Crippen molar-refractivity contribution in [1.82, 2.24) is 19.5 Å². The van der Waals surface area contributed by atoms with Crippen molar-refractivity contribution in [1.29, 1.82) is 0 Å². The number of fused-ring (bicyclic) bond motifs is 1. The van der Waals surface area contributed by atoms with Crippen LogP contribution in [0.1, 0.15) is 19.0 Å². The molecule has 5 N–H and O–H groups in total. The van der Waals surface area contributed by atoms with Gasteiger partial charge in [0.05, 0.1) is 25.6 Å². The fourth-order valence-corrected chi connectivity index (χ4v) is 4.01. The summed E-state index contributed by atoms with van der Waals surface area (Å²) in [6.45, 7) is 4.23. The number of hydrogen-bond donors (Lipinski definition) is 4. The van der Waals surface area contributed by atoms with Crippen molar-refractivity contribution in [3.63, 3.8) is 0 Å². The average Bonchev–Trinajstić information content (AvgIpc) is 3.27. The Morgan fingerprint density at radius 1 is 1.44 bits per heavy atom. The number of rotatable bonds is 8. The number of halogens is 3. The maximum atomic E-state index is 13.1. The lowest BCUT2D eigenvalue weighted by Gasteiger charge is -2.21. The van der Waals surface area contributed by atoms with Crippen LogP contribution in [-0.4, -0.2) is 71.6 Å². The summed E-state index contributed by atoms with van der Waals surface area (Å²) >= 11 is 0. The number of hydrogen-bond acceptors (Lipinski definition) is 10. The van der Waals surface area contributed by atoms with Crippen molar-refractivity contribution in [3.8, 4) is 0 Å². The van der Waals surface area contributed by atoms with Crippen LogP contribution in [-0.2, 0) is 29.7 Å². The second kappa shape index (κ2) is 9.56. The largest absolute Gasteiger partial charge is 0.464 e. The molecule has 34 heavy (non-hydrogen) atoms. The van der Waals surface area contributed by atoms with Gasteiger partial charge in [-0.1, -0.05) is 6.08 Å². The van der Waals surface area contributed by atoms with Crippen LogP contribution in [0.5, 0.6) is 0 Å². The summed E-state index contributed by atoms with van der Waals surface area (Å²) in [6.07, 6.45) is -6.47. The average molecular weight is 511 g/mol. The summed E-state index contributed by atoms with van der Waals surface area (Å²) in [5.41, 5.74) is 5.04. The molecule has 0 aliphatic carbocycles. The number of aromatic nitrogens is 4. The SMILES string of the molecule is C=C[C@H]1[C@@H](O)[C@H](n2cnc3c(N)nc(C(F)(F)F)nc32)O[C@@H]1CO[C@@H](C(=O)OCC)P(=O)(O)O. The molecule has 0 spiro atoms. The number of nitrogen functional groups attached to an aromatic ring is 1. The van der Waals surface area contributed by atoms with Gasteiger partial charge in [-0.05, 0) is 6.92 Å². The van der Waals surface area contributed by atoms with Crippen LogP contribution >= 0.6 is 7.60 Å². The van der Waals surface area contributed by atoms with Gasteiger partial charge in [-0.25, -0.2) is 19.7 Å². The summed E-state index contributed by atoms with van der Waals surface area (Å²) in [7, 11) is -5.08. The van der Waals surface area contributed by atoms with Crippen molar-refractivity contribution in [3.05, 3.63) is 24.8 Å². The molecular formula is C17H21F3N5O8P. The molecule has 188 valence electrons. The zero-order valence-corrected chi connectivity index (χ0v) is 18.4. The molecule has 1 aliphatic heterocycles. The van der Waals surface area contributed by atoms with Gasteiger partial charge >= 0.3 is 19.7 Å². The van der Waals surface area contributed by atoms with Crippen molar-refractivity contribution in [2.75, 3.05) is 18.9 Å². The van der Waals surface area contributed by atoms with Gasteiger partial charge < -0.3 is 34.8 Å². The quantitative estimate of drug-likeness (QED) is 0.219. The second-order valence-electron chi connectivity index (χ2n) is 7.15. The molecule has 17 heteroatoms. The highest BCUT2D eigenvalue weighted by Crippen LogP contribution is 2.44. The lowest BCUT2D eigenvalue weighted by Crippen LogP contribution is -2.32. The Hall–Kier alpha value is -2.62. The van der Waals surface area contributed by atoms with Gasteiger partial charge in [-0.2, -0.15) is 13.2 Å². The fourth-order valence-electron chi connectivity index (χ4n) is 3.39. The molecule has 0 bridgehead atoms. The van der Waals surface area contributed by atoms with E-state index in [4.69, 9.17) is 15.2 Å². The highest BCUT2D eigenvalue weighted by molar-refractivity contribution is 7.53. The van der Waals surface area contributed by atoms with Gasteiger partial charge in [0.25, 0.3) is 5.85 Å². The summed E-state index contributed by atoms with van der Waals surface area (Å²) in [5.74, 6) is -6.51. The number of alkyl halides is 3. The Morgan fingerprint density at radius 2 is 2.12 bits per heavy atom. The Bertz CT molecular complexity index is 1120. The molecule has 0 saturated carbocycles. The first-order chi connectivity index (χ1) is 15.8. The van der Waals surface area contributed by atoms with Gasteiger partial charge in [0.15, 0.2) is 17.7 Å². The normalized spacial score (nSPS) is 24.3. The van der Waals surface area contributed by atoms with E-state index >= 15 is 0 Å². The number of imidazole rings is 1. The molecule has 0 unspecified atom stereocenters. The predicted octanol–water partition coefficient (Wildman–Crippen LogP) is 0.571. The number of anilines is 1. The Kier molecular flexibility index (Phi) is 7.31. The number of esters is 1. The summed E-state index contributed by atoms with van der Waals surface area (Å²) in [5, 5.41) is 10.7. The zero-order chi connectivity index (χ0) is 25.4. The number of aliphatic hydroxyl groups is 1. The molecule has 1 saturated heterocycles. The predicted molar refractivity (Wildman–Crippen MR) is 107 cm³/mol. The van der Waals surface area contributed by atoms with E-state index in [9.17, 15) is 37.4 Å². The van der Waals surface area contributed by atoms with Crippen LogP contribution in [0, 0.1) is 5.92 Å². The third kappa shape index (κ3) is 5.06. The summed E-state index contributed by atoms with van der Waals surface area (Å²) in [4.78, 5) is 41.2. The molecule has 1 aliphatic rings. The van der Waals surface area contributed by atoms with Crippen molar-refractivity contribution in [2.45, 2.75) is 37.4 Å². The number of carbonyl (C=O) groups excluding carboxylic acids is 1. The lowest BCUT2D eigenvalue weighted by atomic mass is 9.98. The van der Waals surface area contributed by atoms with Crippen molar-refractivity contribution in [2.24, 2.45) is 5.92 Å². The Morgan fingerprint density at radius 3 is 2.68 bits per heavy atom. The van der Waals surface area contributed by atoms with Crippen LogP contribution < -0.4 is 5.73 Å². The van der Waals surface area contributed by atoms with E-state index in [2.05, 4.69) is 26.3 Å². The van der Waals surface area contributed by atoms with E-state index < -0.39 is 68.2 Å². The molecular weight excluding hydrogens is 490 g/mol. The first kappa shape index (κ1) is 26.0. The minimum Gasteiger partial charge on any atom is -0.464 e. The van der Waals surface area contributed by atoms with Crippen molar-refractivity contribution < 1.29 is 51.6 Å². The molecule has 2 aromatic heterocycles. The molecule has 3 heterocycles. The highest BCUT2D eigenvalue weighted by atomic mass is 31.2. The van der Waals surface area contributed by atoms with Crippen LogP contribution in [0.15, 0.2) is 19.0 Å². The number of nitrogens with two attached hydrogens (primary N) is 1. The Balaban J connectivity index is 1.89. The lowest BCUT2D eigenvalue weighted by molar-refractivity contribution is -0.154. The second-order valence-corrected chi connectivity index (χ2v) is 8.80. The van der Waals surface area contributed by atoms with E-state index in [1.54, 1.807) is 0 Å². The first-order valence-electron chi connectivity index (χ1n) is 9.66. The third-order valence-electron chi connectivity index (χ3n) is 4.89. The molecule has 0 aromatic carbocycles. The van der Waals surface area contributed by atoms with Gasteiger partial charge in [0.2, 0.25) is 5.82 Å². The zero-order valence-electron chi connectivity index (χ0n) is 17.5. The minimum absolute atomic E-state index is 0.159. The van der Waals surface area contributed by atoms with E-state index in [-0.39, 0.29) is 17.8 Å². The first-order valence-corrected chi connectivity index (χ1v) is 11.3. The minimum atomic E-state index is -5.08. The van der Waals surface area contributed by atoms with E-state index in [0.717, 1.165) is 10.9 Å². The highest BCUT2D eigenvalue weighted by Gasteiger charge is 2.46. The van der Waals surface area contributed by atoms with Crippen LogP contribution in [0.4, 0.5) is 19.0 Å². The number of ether oxygens (including phenoxy) is 3. The molecule has 2 aromatic rings. The summed E-state index contributed by atoms with van der Waals surface area (Å²) in [6, 6.07) is 0. The summed E-state index contributed by atoms with van der Waals surface area (Å²) < 4.78 is 67.4. The van der Waals surface area contributed by atoms with Crippen molar-refractivity contribution >= 4 is 30.5 Å². The van der Waals surface area contributed by atoms with Crippen LogP contribution in [0.2, 0.25) is 0 Å². The van der Waals surface area contributed by atoms with Gasteiger partial charge in [-0.3, -0.25) is 9.13 Å². The molecule has 3 rings (SSSR count). The number of carbonyl (C=O) groups is 1. The standard InChI is InChI=1S/C17H21F3N5O8P/c1-3-7-8(5-32-15(34(28,29)30)14(27)31-4-2)33-13(10(7)26)25-6-22-9-11(21)23-16(17(18,19)20)24-12(9)25/h3,6-8,10,13,15,26H,1,4-5H2,2H3,(H2,21,23,24)(H2,28,29,30)/t7-,8-,10-,13-,15-/m1/s1. The number of aliphatic hydroxyl groups excluding tert-OH is 1. The number of nitrogens with zero attached hydrogens (tertiary/aromatic N) is 4. The Labute approximate surface area is 189 Å². The van der Waals surface area contributed by atoms with Gasteiger partial charge in [0.1, 0.15) is 11.6 Å². The molecule has 5 atom stereocenters. The van der Waals surface area contributed by atoms with Crippen LogP contribution in [0.25, 0.3) is 11.2 Å². The van der Waals surface area contributed by atoms with Gasteiger partial charge in [0, 0.05) is 5.92 Å². The van der Waals surface area contributed by atoms with Gasteiger partial charge in [-0.15, -0.1) is 6.58 Å². The fraction of sp³-hybridized carbons (Fsp3) is 0.529. The van der Waals surface area contributed by atoms with E-state index in [0.29, 0.717) is 0 Å². The maximum absolute atomic E-state index is 13.1. The monoisotopic (exact) mass is 511 g/mol. The van der Waals surface area contributed by atoms with E-state index in [1.807, 2.05) is 0 Å². The molecule has 1 fully saturated rings. The molecule has 0 amide bonds.